The molecule has 0 aliphatic carbocycles. The number of benzene rings is 1. The lowest BCUT2D eigenvalue weighted by molar-refractivity contribution is 0.308. The SMILES string of the molecule is C#CCNCCOc1ccc(CC)cc1C(C)(C)C. The van der Waals surface area contributed by atoms with Gasteiger partial charge in [0, 0.05) is 6.54 Å². The number of terminal acetylenes is 1. The molecule has 1 N–H and O–H groups in total. The molecule has 2 heteroatoms. The topological polar surface area (TPSA) is 21.3 Å². The van der Waals surface area contributed by atoms with Crippen LogP contribution in [-0.4, -0.2) is 19.7 Å². The van der Waals surface area contributed by atoms with Crippen molar-refractivity contribution in [2.75, 3.05) is 19.7 Å². The zero-order valence-electron chi connectivity index (χ0n) is 12.5. The standard InChI is InChI=1S/C17H25NO/c1-6-10-18-11-12-19-16-9-8-14(7-2)13-15(16)17(3,4)5/h1,8-9,13,18H,7,10-12H2,2-5H3. The van der Waals surface area contributed by atoms with Gasteiger partial charge in [-0.2, -0.15) is 0 Å². The van der Waals surface area contributed by atoms with Crippen LogP contribution in [0.1, 0.15) is 38.8 Å². The molecule has 0 aromatic heterocycles. The van der Waals surface area contributed by atoms with Crippen molar-refractivity contribution >= 4 is 0 Å². The molecule has 0 aliphatic heterocycles. The van der Waals surface area contributed by atoms with E-state index < -0.39 is 0 Å². The molecule has 0 bridgehead atoms. The van der Waals surface area contributed by atoms with Crippen LogP contribution in [0.3, 0.4) is 0 Å². The van der Waals surface area contributed by atoms with Gasteiger partial charge in [0.25, 0.3) is 0 Å². The Kier molecular flexibility index (Phi) is 5.92. The minimum Gasteiger partial charge on any atom is -0.492 e. The lowest BCUT2D eigenvalue weighted by atomic mass is 9.85. The molecule has 2 nitrogen and oxygen atoms in total. The zero-order valence-corrected chi connectivity index (χ0v) is 12.5. The summed E-state index contributed by atoms with van der Waals surface area (Å²) in [6.07, 6.45) is 6.23. The van der Waals surface area contributed by atoms with Crippen molar-refractivity contribution in [2.45, 2.75) is 39.5 Å². The number of aryl methyl sites for hydroxylation is 1. The van der Waals surface area contributed by atoms with Crippen LogP contribution in [0.4, 0.5) is 0 Å². The van der Waals surface area contributed by atoms with Crippen LogP contribution in [0.15, 0.2) is 18.2 Å². The Morgan fingerprint density at radius 3 is 2.63 bits per heavy atom. The molecule has 0 saturated heterocycles. The maximum atomic E-state index is 5.88. The summed E-state index contributed by atoms with van der Waals surface area (Å²) < 4.78 is 5.88. The molecule has 1 rings (SSSR count). The fraction of sp³-hybridized carbons (Fsp3) is 0.529. The van der Waals surface area contributed by atoms with E-state index in [2.05, 4.69) is 57.1 Å². The molecule has 0 aliphatic rings. The first kappa shape index (κ1) is 15.6. The molecule has 0 atom stereocenters. The van der Waals surface area contributed by atoms with E-state index in [9.17, 15) is 0 Å². The highest BCUT2D eigenvalue weighted by Gasteiger charge is 2.19. The van der Waals surface area contributed by atoms with E-state index in [0.717, 1.165) is 18.7 Å². The Balaban J connectivity index is 2.74. The Morgan fingerprint density at radius 1 is 1.32 bits per heavy atom. The van der Waals surface area contributed by atoms with E-state index in [1.54, 1.807) is 0 Å². The summed E-state index contributed by atoms with van der Waals surface area (Å²) in [6, 6.07) is 6.48. The van der Waals surface area contributed by atoms with Crippen LogP contribution in [0, 0.1) is 12.3 Å². The van der Waals surface area contributed by atoms with Crippen molar-refractivity contribution in [2.24, 2.45) is 0 Å². The van der Waals surface area contributed by atoms with Gasteiger partial charge in [0.1, 0.15) is 12.4 Å². The van der Waals surface area contributed by atoms with Crippen LogP contribution in [-0.2, 0) is 11.8 Å². The van der Waals surface area contributed by atoms with Crippen molar-refractivity contribution in [3.63, 3.8) is 0 Å². The molecule has 1 aromatic carbocycles. The van der Waals surface area contributed by atoms with Gasteiger partial charge in [-0.25, -0.2) is 0 Å². The largest absolute Gasteiger partial charge is 0.492 e. The minimum absolute atomic E-state index is 0.0900. The summed E-state index contributed by atoms with van der Waals surface area (Å²) in [5.41, 5.74) is 2.71. The van der Waals surface area contributed by atoms with Crippen molar-refractivity contribution in [3.05, 3.63) is 29.3 Å². The van der Waals surface area contributed by atoms with Crippen molar-refractivity contribution < 1.29 is 4.74 Å². The molecule has 104 valence electrons. The molecule has 0 heterocycles. The number of hydrogen-bond donors (Lipinski definition) is 1. The monoisotopic (exact) mass is 259 g/mol. The van der Waals surface area contributed by atoms with Gasteiger partial charge in [-0.05, 0) is 29.0 Å². The van der Waals surface area contributed by atoms with E-state index in [4.69, 9.17) is 11.2 Å². The fourth-order valence-electron chi connectivity index (χ4n) is 1.90. The predicted octanol–water partition coefficient (Wildman–Crippen LogP) is 3.15. The summed E-state index contributed by atoms with van der Waals surface area (Å²) in [5, 5.41) is 3.12. The van der Waals surface area contributed by atoms with Gasteiger partial charge in [-0.15, -0.1) is 6.42 Å². The first-order valence-corrected chi connectivity index (χ1v) is 6.89. The van der Waals surface area contributed by atoms with Crippen LogP contribution in [0.25, 0.3) is 0 Å². The summed E-state index contributed by atoms with van der Waals surface area (Å²) in [6.45, 7) is 10.8. The van der Waals surface area contributed by atoms with E-state index in [-0.39, 0.29) is 5.41 Å². The van der Waals surface area contributed by atoms with Crippen LogP contribution < -0.4 is 10.1 Å². The van der Waals surface area contributed by atoms with E-state index in [1.165, 1.54) is 11.1 Å². The molecule has 0 fully saturated rings. The Hall–Kier alpha value is -1.46. The molecule has 0 amide bonds. The average Bonchev–Trinajstić information content (AvgIpc) is 2.37. The third kappa shape index (κ3) is 4.96. The number of rotatable bonds is 6. The Morgan fingerprint density at radius 2 is 2.05 bits per heavy atom. The van der Waals surface area contributed by atoms with Gasteiger partial charge < -0.3 is 10.1 Å². The lowest BCUT2D eigenvalue weighted by Crippen LogP contribution is -2.22. The van der Waals surface area contributed by atoms with Gasteiger partial charge in [-0.3, -0.25) is 0 Å². The lowest BCUT2D eigenvalue weighted by Gasteiger charge is -2.23. The number of hydrogen-bond acceptors (Lipinski definition) is 2. The van der Waals surface area contributed by atoms with Crippen LogP contribution >= 0.6 is 0 Å². The molecule has 0 radical (unpaired) electrons. The van der Waals surface area contributed by atoms with Crippen molar-refractivity contribution in [1.82, 2.24) is 5.32 Å². The van der Waals surface area contributed by atoms with Gasteiger partial charge >= 0.3 is 0 Å². The van der Waals surface area contributed by atoms with Gasteiger partial charge in [-0.1, -0.05) is 45.7 Å². The summed E-state index contributed by atoms with van der Waals surface area (Å²) >= 11 is 0. The normalized spacial score (nSPS) is 11.1. The van der Waals surface area contributed by atoms with E-state index in [0.29, 0.717) is 13.2 Å². The molecule has 1 aromatic rings. The highest BCUT2D eigenvalue weighted by atomic mass is 16.5. The Labute approximate surface area is 117 Å². The third-order valence-corrected chi connectivity index (χ3v) is 3.02. The second kappa shape index (κ2) is 7.21. The fourth-order valence-corrected chi connectivity index (χ4v) is 1.90. The van der Waals surface area contributed by atoms with Crippen molar-refractivity contribution in [3.8, 4) is 18.1 Å². The molecule has 19 heavy (non-hydrogen) atoms. The van der Waals surface area contributed by atoms with Gasteiger partial charge in [0.2, 0.25) is 0 Å². The van der Waals surface area contributed by atoms with Crippen molar-refractivity contribution in [1.29, 1.82) is 0 Å². The van der Waals surface area contributed by atoms with Gasteiger partial charge in [0.05, 0.1) is 6.54 Å². The molecular formula is C17H25NO. The zero-order chi connectivity index (χ0) is 14.3. The molecule has 0 spiro atoms. The molecule has 0 saturated carbocycles. The Bertz CT molecular complexity index is 438. The molecular weight excluding hydrogens is 234 g/mol. The summed E-state index contributed by atoms with van der Waals surface area (Å²) in [7, 11) is 0. The third-order valence-electron chi connectivity index (χ3n) is 3.02. The second-order valence-corrected chi connectivity index (χ2v) is 5.66. The smallest absolute Gasteiger partial charge is 0.123 e. The van der Waals surface area contributed by atoms with Crippen LogP contribution in [0.5, 0.6) is 5.75 Å². The first-order valence-electron chi connectivity index (χ1n) is 6.89. The van der Waals surface area contributed by atoms with E-state index in [1.807, 2.05) is 0 Å². The summed E-state index contributed by atoms with van der Waals surface area (Å²) in [4.78, 5) is 0. The maximum absolute atomic E-state index is 5.88. The maximum Gasteiger partial charge on any atom is 0.123 e. The predicted molar refractivity (Wildman–Crippen MR) is 81.7 cm³/mol. The number of ether oxygens (including phenoxy) is 1. The summed E-state index contributed by atoms with van der Waals surface area (Å²) in [5.74, 6) is 3.53. The van der Waals surface area contributed by atoms with Crippen LogP contribution in [0.2, 0.25) is 0 Å². The quantitative estimate of drug-likeness (QED) is 0.626. The molecule has 0 unspecified atom stereocenters. The van der Waals surface area contributed by atoms with Gasteiger partial charge in [0.15, 0.2) is 0 Å². The highest BCUT2D eigenvalue weighted by Crippen LogP contribution is 2.32. The first-order chi connectivity index (χ1) is 8.99. The highest BCUT2D eigenvalue weighted by molar-refractivity contribution is 5.41. The van der Waals surface area contributed by atoms with E-state index >= 15 is 0 Å². The minimum atomic E-state index is 0.0900. The second-order valence-electron chi connectivity index (χ2n) is 5.66. The number of nitrogens with one attached hydrogen (secondary N) is 1. The average molecular weight is 259 g/mol.